The Morgan fingerprint density at radius 2 is 1.80 bits per heavy atom. The van der Waals surface area contributed by atoms with E-state index in [9.17, 15) is 9.18 Å². The Kier molecular flexibility index (Phi) is 4.80. The summed E-state index contributed by atoms with van der Waals surface area (Å²) in [6.45, 7) is 1.10. The van der Waals surface area contributed by atoms with Crippen LogP contribution < -0.4 is 15.0 Å². The number of ether oxygens (including phenoxy) is 1. The van der Waals surface area contributed by atoms with Gasteiger partial charge in [0.15, 0.2) is 10.9 Å². The number of para-hydroxylation sites is 4. The van der Waals surface area contributed by atoms with Gasteiger partial charge in [-0.25, -0.2) is 9.37 Å². The van der Waals surface area contributed by atoms with Crippen LogP contribution in [0.5, 0.6) is 11.5 Å². The van der Waals surface area contributed by atoms with Gasteiger partial charge in [-0.1, -0.05) is 47.7 Å². The fourth-order valence-electron chi connectivity index (χ4n) is 3.35. The first-order valence-corrected chi connectivity index (χ1v) is 10.4. The van der Waals surface area contributed by atoms with E-state index in [1.807, 2.05) is 65.6 Å². The molecule has 1 N–H and O–H groups in total. The second kappa shape index (κ2) is 7.76. The van der Waals surface area contributed by atoms with Gasteiger partial charge in [0.05, 0.1) is 16.3 Å². The Labute approximate surface area is 176 Å². The highest BCUT2D eigenvalue weighted by atomic mass is 32.1. The van der Waals surface area contributed by atoms with Gasteiger partial charge in [-0.2, -0.15) is 0 Å². The van der Waals surface area contributed by atoms with Crippen LogP contribution in [0, 0.1) is 11.7 Å². The Hall–Kier alpha value is -3.45. The molecule has 1 aliphatic heterocycles. The highest BCUT2D eigenvalue weighted by Gasteiger charge is 2.35. The van der Waals surface area contributed by atoms with Crippen LogP contribution >= 0.6 is 11.3 Å². The maximum absolute atomic E-state index is 13.9. The quantitative estimate of drug-likeness (QED) is 0.477. The van der Waals surface area contributed by atoms with E-state index in [1.165, 1.54) is 17.4 Å². The van der Waals surface area contributed by atoms with Gasteiger partial charge in [0, 0.05) is 13.1 Å². The molecule has 150 valence electrons. The number of amides is 1. The number of carbonyl (C=O) groups excluding carboxylic acids is 1. The summed E-state index contributed by atoms with van der Waals surface area (Å²) in [4.78, 5) is 19.1. The second-order valence-electron chi connectivity index (χ2n) is 7.09. The topological polar surface area (TPSA) is 54.5 Å². The van der Waals surface area contributed by atoms with Crippen LogP contribution in [0.4, 0.5) is 15.2 Å². The maximum Gasteiger partial charge on any atom is 0.231 e. The van der Waals surface area contributed by atoms with E-state index in [2.05, 4.69) is 10.3 Å². The molecule has 0 atom stereocenters. The number of thiazole rings is 1. The summed E-state index contributed by atoms with van der Waals surface area (Å²) < 4.78 is 20.6. The Morgan fingerprint density at radius 3 is 2.60 bits per heavy atom. The first kappa shape index (κ1) is 18.6. The summed E-state index contributed by atoms with van der Waals surface area (Å²) in [7, 11) is 0. The normalized spacial score (nSPS) is 13.8. The lowest BCUT2D eigenvalue weighted by Gasteiger charge is -2.38. The van der Waals surface area contributed by atoms with E-state index in [1.54, 1.807) is 6.07 Å². The van der Waals surface area contributed by atoms with Crippen molar-refractivity contribution >= 4 is 38.3 Å². The van der Waals surface area contributed by atoms with Crippen LogP contribution in [0.2, 0.25) is 0 Å². The molecule has 1 fully saturated rings. The van der Waals surface area contributed by atoms with Crippen molar-refractivity contribution in [3.63, 3.8) is 0 Å². The summed E-state index contributed by atoms with van der Waals surface area (Å²) >= 11 is 1.44. The van der Waals surface area contributed by atoms with Crippen molar-refractivity contribution in [2.24, 2.45) is 5.92 Å². The molecule has 4 aromatic rings. The molecule has 3 aromatic carbocycles. The predicted octanol–water partition coefficient (Wildman–Crippen LogP) is 5.30. The molecule has 0 radical (unpaired) electrons. The molecule has 30 heavy (non-hydrogen) atoms. The smallest absolute Gasteiger partial charge is 0.231 e. The number of nitrogens with zero attached hydrogens (tertiary/aromatic N) is 2. The molecular formula is C23H18FN3O2S. The zero-order valence-electron chi connectivity index (χ0n) is 15.9. The minimum Gasteiger partial charge on any atom is -0.455 e. The van der Waals surface area contributed by atoms with Crippen molar-refractivity contribution in [3.8, 4) is 11.5 Å². The highest BCUT2D eigenvalue weighted by Crippen LogP contribution is 2.35. The molecule has 0 spiro atoms. The summed E-state index contributed by atoms with van der Waals surface area (Å²) in [6.07, 6.45) is 0. The zero-order valence-corrected chi connectivity index (χ0v) is 16.7. The number of rotatable bonds is 5. The Morgan fingerprint density at radius 1 is 1.03 bits per heavy atom. The van der Waals surface area contributed by atoms with Crippen LogP contribution in [0.1, 0.15) is 0 Å². The minimum atomic E-state index is -0.320. The number of carbonyl (C=O) groups is 1. The van der Waals surface area contributed by atoms with Crippen LogP contribution in [-0.2, 0) is 4.79 Å². The summed E-state index contributed by atoms with van der Waals surface area (Å²) in [5.41, 5.74) is 1.02. The highest BCUT2D eigenvalue weighted by molar-refractivity contribution is 7.22. The van der Waals surface area contributed by atoms with Crippen LogP contribution in [0.25, 0.3) is 10.2 Å². The minimum absolute atomic E-state index is 0.0670. The molecule has 1 aliphatic rings. The van der Waals surface area contributed by atoms with Gasteiger partial charge in [-0.15, -0.1) is 0 Å². The van der Waals surface area contributed by atoms with Crippen molar-refractivity contribution < 1.29 is 13.9 Å². The first-order valence-electron chi connectivity index (χ1n) is 9.60. The molecule has 0 bridgehead atoms. The first-order chi connectivity index (χ1) is 14.7. The van der Waals surface area contributed by atoms with E-state index in [0.717, 1.165) is 9.83 Å². The van der Waals surface area contributed by atoms with E-state index in [4.69, 9.17) is 4.74 Å². The number of anilines is 2. The Balaban J connectivity index is 1.25. The lowest BCUT2D eigenvalue weighted by Crippen LogP contribution is -2.52. The Bertz CT molecular complexity index is 1210. The summed E-state index contributed by atoms with van der Waals surface area (Å²) in [5, 5.41) is 3.72. The SMILES string of the molecule is O=C(Nc1ccccc1Oc1ccccc1)C1CN(c2nc3c(F)cccc3s2)C1. The van der Waals surface area contributed by atoms with Gasteiger partial charge < -0.3 is 15.0 Å². The van der Waals surface area contributed by atoms with Gasteiger partial charge in [0.25, 0.3) is 0 Å². The van der Waals surface area contributed by atoms with Gasteiger partial charge >= 0.3 is 0 Å². The molecule has 1 saturated heterocycles. The van der Waals surface area contributed by atoms with E-state index in [-0.39, 0.29) is 17.6 Å². The fraction of sp³-hybridized carbons (Fsp3) is 0.130. The number of fused-ring (bicyclic) bond motifs is 1. The van der Waals surface area contributed by atoms with Crippen LogP contribution in [0.3, 0.4) is 0 Å². The van der Waals surface area contributed by atoms with Crippen LogP contribution in [-0.4, -0.2) is 24.0 Å². The number of hydrogen-bond donors (Lipinski definition) is 1. The fourth-order valence-corrected chi connectivity index (χ4v) is 4.35. The molecule has 1 amide bonds. The molecule has 7 heteroatoms. The largest absolute Gasteiger partial charge is 0.455 e. The molecule has 0 unspecified atom stereocenters. The lowest BCUT2D eigenvalue weighted by atomic mass is 10.00. The molecule has 5 rings (SSSR count). The second-order valence-corrected chi connectivity index (χ2v) is 8.09. The van der Waals surface area contributed by atoms with Gasteiger partial charge in [0.2, 0.25) is 5.91 Å². The molecule has 0 saturated carbocycles. The number of hydrogen-bond acceptors (Lipinski definition) is 5. The molecular weight excluding hydrogens is 401 g/mol. The number of nitrogens with one attached hydrogen (secondary N) is 1. The van der Waals surface area contributed by atoms with Gasteiger partial charge in [0.1, 0.15) is 17.1 Å². The molecule has 5 nitrogen and oxygen atoms in total. The average molecular weight is 419 g/mol. The monoisotopic (exact) mass is 419 g/mol. The van der Waals surface area contributed by atoms with Gasteiger partial charge in [-0.3, -0.25) is 4.79 Å². The molecule has 2 heterocycles. The average Bonchev–Trinajstić information content (AvgIpc) is 3.14. The number of halogens is 1. The maximum atomic E-state index is 13.9. The summed E-state index contributed by atoms with van der Waals surface area (Å²) in [6, 6.07) is 21.8. The van der Waals surface area contributed by atoms with E-state index < -0.39 is 0 Å². The molecule has 0 aliphatic carbocycles. The van der Waals surface area contributed by atoms with Crippen molar-refractivity contribution in [2.45, 2.75) is 0 Å². The van der Waals surface area contributed by atoms with E-state index in [0.29, 0.717) is 35.8 Å². The van der Waals surface area contributed by atoms with Crippen molar-refractivity contribution in [1.82, 2.24) is 4.98 Å². The van der Waals surface area contributed by atoms with Crippen LogP contribution in [0.15, 0.2) is 72.8 Å². The zero-order chi connectivity index (χ0) is 20.5. The third-order valence-electron chi connectivity index (χ3n) is 5.00. The third kappa shape index (κ3) is 3.59. The predicted molar refractivity (Wildman–Crippen MR) is 117 cm³/mol. The number of aromatic nitrogens is 1. The lowest BCUT2D eigenvalue weighted by molar-refractivity contribution is -0.120. The van der Waals surface area contributed by atoms with Crippen molar-refractivity contribution in [1.29, 1.82) is 0 Å². The van der Waals surface area contributed by atoms with Gasteiger partial charge in [-0.05, 0) is 36.4 Å². The molecule has 1 aromatic heterocycles. The van der Waals surface area contributed by atoms with Crippen molar-refractivity contribution in [2.75, 3.05) is 23.3 Å². The third-order valence-corrected chi connectivity index (χ3v) is 6.08. The summed E-state index contributed by atoms with van der Waals surface area (Å²) in [5.74, 6) is 0.751. The van der Waals surface area contributed by atoms with Crippen molar-refractivity contribution in [3.05, 3.63) is 78.6 Å². The standard InChI is InChI=1S/C23H18FN3O2S/c24-17-9-6-12-20-21(17)26-23(30-20)27-13-15(14-27)22(28)25-18-10-4-5-11-19(18)29-16-7-2-1-3-8-16/h1-12,15H,13-14H2,(H,25,28). The number of benzene rings is 3. The van der Waals surface area contributed by atoms with E-state index >= 15 is 0 Å².